The van der Waals surface area contributed by atoms with Gasteiger partial charge in [0.1, 0.15) is 5.65 Å². The van der Waals surface area contributed by atoms with Gasteiger partial charge in [0.25, 0.3) is 5.56 Å². The molecule has 0 fully saturated rings. The molecule has 0 bridgehead atoms. The van der Waals surface area contributed by atoms with Crippen molar-refractivity contribution in [1.82, 2.24) is 24.1 Å². The van der Waals surface area contributed by atoms with Crippen molar-refractivity contribution in [2.45, 2.75) is 26.8 Å². The Bertz CT molecular complexity index is 1220. The average molecular weight is 448 g/mol. The average Bonchev–Trinajstić information content (AvgIpc) is 2.74. The highest BCUT2D eigenvalue weighted by atomic mass is 35.5. The van der Waals surface area contributed by atoms with E-state index in [9.17, 15) is 14.4 Å². The maximum atomic E-state index is 12.5. The largest absolute Gasteiger partial charge is 0.476 e. The molecule has 10 nitrogen and oxygen atoms in total. The van der Waals surface area contributed by atoms with E-state index >= 15 is 0 Å². The fourth-order valence-corrected chi connectivity index (χ4v) is 3.03. The summed E-state index contributed by atoms with van der Waals surface area (Å²) in [4.78, 5) is 49.4. The van der Waals surface area contributed by atoms with Crippen LogP contribution >= 0.6 is 11.6 Å². The lowest BCUT2D eigenvalue weighted by Crippen LogP contribution is -2.39. The van der Waals surface area contributed by atoms with Crippen LogP contribution in [0.2, 0.25) is 5.15 Å². The molecule has 31 heavy (non-hydrogen) atoms. The molecule has 0 amide bonds. The van der Waals surface area contributed by atoms with Gasteiger partial charge < -0.3 is 9.47 Å². The first-order chi connectivity index (χ1) is 14.8. The highest BCUT2D eigenvalue weighted by Crippen LogP contribution is 2.12. The Morgan fingerprint density at radius 3 is 2.68 bits per heavy atom. The molecule has 0 radical (unpaired) electrons. The van der Waals surface area contributed by atoms with Crippen molar-refractivity contribution in [3.63, 3.8) is 0 Å². The summed E-state index contributed by atoms with van der Waals surface area (Å²) in [5.74, 6) is -0.175. The zero-order valence-corrected chi connectivity index (χ0v) is 18.1. The number of ether oxygens (including phenoxy) is 2. The minimum atomic E-state index is -0.624. The van der Waals surface area contributed by atoms with Crippen LogP contribution in [0.5, 0.6) is 5.88 Å². The van der Waals surface area contributed by atoms with E-state index < -0.39 is 17.2 Å². The molecule has 3 aromatic heterocycles. The summed E-state index contributed by atoms with van der Waals surface area (Å²) in [6, 6.07) is 1.40. The minimum absolute atomic E-state index is 0.0930. The van der Waals surface area contributed by atoms with Gasteiger partial charge in [-0.3, -0.25) is 18.9 Å². The van der Waals surface area contributed by atoms with Crippen molar-refractivity contribution in [2.75, 3.05) is 13.2 Å². The van der Waals surface area contributed by atoms with Crippen LogP contribution in [0.15, 0.2) is 34.2 Å². The summed E-state index contributed by atoms with van der Waals surface area (Å²) < 4.78 is 13.1. The quantitative estimate of drug-likeness (QED) is 0.379. The zero-order valence-electron chi connectivity index (χ0n) is 17.4. The van der Waals surface area contributed by atoms with E-state index in [1.807, 2.05) is 13.8 Å². The Labute approximate surface area is 182 Å². The van der Waals surface area contributed by atoms with E-state index in [2.05, 4.69) is 15.0 Å². The number of carbonyl (C=O) groups excluding carboxylic acids is 1. The van der Waals surface area contributed by atoms with Crippen molar-refractivity contribution in [3.05, 3.63) is 56.2 Å². The fourth-order valence-electron chi connectivity index (χ4n) is 2.89. The molecule has 3 heterocycles. The lowest BCUT2D eigenvalue weighted by Gasteiger charge is -2.13. The normalized spacial score (nSPS) is 11.1. The number of carbonyl (C=O) groups is 1. The predicted octanol–water partition coefficient (Wildman–Crippen LogP) is 1.82. The van der Waals surface area contributed by atoms with E-state index in [1.165, 1.54) is 36.3 Å². The molecule has 0 aliphatic carbocycles. The predicted molar refractivity (Wildman–Crippen MR) is 114 cm³/mol. The van der Waals surface area contributed by atoms with Gasteiger partial charge in [0.15, 0.2) is 5.15 Å². The number of fused-ring (bicyclic) bond motifs is 1. The van der Waals surface area contributed by atoms with Crippen molar-refractivity contribution in [2.24, 2.45) is 13.0 Å². The molecular formula is C20H22ClN5O5. The third kappa shape index (κ3) is 5.26. The van der Waals surface area contributed by atoms with Gasteiger partial charge >= 0.3 is 11.7 Å². The lowest BCUT2D eigenvalue weighted by molar-refractivity contribution is 0.0485. The van der Waals surface area contributed by atoms with Crippen LogP contribution in [0.25, 0.3) is 11.0 Å². The van der Waals surface area contributed by atoms with Crippen LogP contribution < -0.4 is 16.0 Å². The van der Waals surface area contributed by atoms with Gasteiger partial charge in [-0.05, 0) is 12.0 Å². The zero-order chi connectivity index (χ0) is 22.5. The van der Waals surface area contributed by atoms with Crippen molar-refractivity contribution >= 4 is 28.6 Å². The second-order valence-corrected chi connectivity index (χ2v) is 7.65. The third-order valence-electron chi connectivity index (χ3n) is 4.31. The first kappa shape index (κ1) is 22.4. The number of esters is 1. The maximum Gasteiger partial charge on any atom is 0.339 e. The number of hydrogen-bond donors (Lipinski definition) is 0. The topological polar surface area (TPSA) is 118 Å². The minimum Gasteiger partial charge on any atom is -0.476 e. The van der Waals surface area contributed by atoms with Crippen LogP contribution in [0, 0.1) is 5.92 Å². The number of pyridine rings is 1. The van der Waals surface area contributed by atoms with Crippen LogP contribution in [-0.2, 0) is 18.3 Å². The van der Waals surface area contributed by atoms with E-state index in [1.54, 1.807) is 0 Å². The van der Waals surface area contributed by atoms with Gasteiger partial charge in [-0.2, -0.15) is 4.98 Å². The summed E-state index contributed by atoms with van der Waals surface area (Å²) in [6.07, 6.45) is 4.54. The van der Waals surface area contributed by atoms with Crippen molar-refractivity contribution in [3.8, 4) is 5.88 Å². The molecule has 0 aliphatic heterocycles. The standard InChI is InChI=1S/C20H22ClN5O5/c1-12(2)11-26-17-14(18(27)25(3)20(26)29)7-13(8-23-17)19(28)31-6-4-5-30-16-10-22-9-15(21)24-16/h7-10,12H,4-6,11H2,1-3H3. The Morgan fingerprint density at radius 1 is 1.19 bits per heavy atom. The van der Waals surface area contributed by atoms with E-state index in [0.717, 1.165) is 4.57 Å². The second-order valence-electron chi connectivity index (χ2n) is 7.26. The Balaban J connectivity index is 1.69. The molecule has 0 saturated heterocycles. The third-order valence-corrected chi connectivity index (χ3v) is 4.50. The number of aromatic nitrogens is 5. The molecule has 0 N–H and O–H groups in total. The van der Waals surface area contributed by atoms with Gasteiger partial charge in [0.2, 0.25) is 5.88 Å². The molecule has 0 atom stereocenters. The monoisotopic (exact) mass is 447 g/mol. The molecule has 3 rings (SSSR count). The summed E-state index contributed by atoms with van der Waals surface area (Å²) in [6.45, 7) is 4.66. The Hall–Kier alpha value is -3.27. The smallest absolute Gasteiger partial charge is 0.339 e. The maximum absolute atomic E-state index is 12.5. The van der Waals surface area contributed by atoms with Crippen LogP contribution in [-0.4, -0.2) is 43.3 Å². The van der Waals surface area contributed by atoms with Crippen LogP contribution in [0.4, 0.5) is 0 Å². The molecule has 0 aromatic carbocycles. The molecule has 0 unspecified atom stereocenters. The highest BCUT2D eigenvalue weighted by Gasteiger charge is 2.16. The Morgan fingerprint density at radius 2 is 1.97 bits per heavy atom. The molecule has 0 aliphatic rings. The van der Waals surface area contributed by atoms with Crippen molar-refractivity contribution < 1.29 is 14.3 Å². The number of rotatable bonds is 8. The van der Waals surface area contributed by atoms with Crippen molar-refractivity contribution in [1.29, 1.82) is 0 Å². The lowest BCUT2D eigenvalue weighted by atomic mass is 10.2. The van der Waals surface area contributed by atoms with E-state index in [-0.39, 0.29) is 46.8 Å². The summed E-state index contributed by atoms with van der Waals surface area (Å²) in [7, 11) is 1.40. The summed E-state index contributed by atoms with van der Waals surface area (Å²) in [5.41, 5.74) is -0.591. The summed E-state index contributed by atoms with van der Waals surface area (Å²) in [5, 5.41) is 0.401. The van der Waals surface area contributed by atoms with Gasteiger partial charge in [-0.1, -0.05) is 25.4 Å². The highest BCUT2D eigenvalue weighted by molar-refractivity contribution is 6.29. The van der Waals surface area contributed by atoms with Gasteiger partial charge in [0, 0.05) is 26.2 Å². The van der Waals surface area contributed by atoms with Crippen LogP contribution in [0.3, 0.4) is 0 Å². The second kappa shape index (κ2) is 9.69. The SMILES string of the molecule is CC(C)Cn1c(=O)n(C)c(=O)c2cc(C(=O)OCCCOc3cncc(Cl)n3)cnc21. The first-order valence-electron chi connectivity index (χ1n) is 9.65. The van der Waals surface area contributed by atoms with Gasteiger partial charge in [-0.25, -0.2) is 14.6 Å². The van der Waals surface area contributed by atoms with Gasteiger partial charge in [0.05, 0.1) is 36.6 Å². The van der Waals surface area contributed by atoms with Gasteiger partial charge in [-0.15, -0.1) is 0 Å². The first-order valence-corrected chi connectivity index (χ1v) is 10.0. The number of hydrogen-bond acceptors (Lipinski definition) is 8. The molecule has 3 aromatic rings. The van der Waals surface area contributed by atoms with E-state index in [4.69, 9.17) is 21.1 Å². The molecule has 0 spiro atoms. The fraction of sp³-hybridized carbons (Fsp3) is 0.400. The Kier molecular flexibility index (Phi) is 7.01. The van der Waals surface area contributed by atoms with Crippen LogP contribution in [0.1, 0.15) is 30.6 Å². The molecule has 0 saturated carbocycles. The van der Waals surface area contributed by atoms with E-state index in [0.29, 0.717) is 13.0 Å². The number of nitrogens with zero attached hydrogens (tertiary/aromatic N) is 5. The molecule has 11 heteroatoms. The molecular weight excluding hydrogens is 426 g/mol. The molecule has 164 valence electrons. The summed E-state index contributed by atoms with van der Waals surface area (Å²) >= 11 is 5.73. The number of halogens is 1.